The first-order valence-electron chi connectivity index (χ1n) is 5.08. The molecule has 16 heavy (non-hydrogen) atoms. The van der Waals surface area contributed by atoms with Gasteiger partial charge in [0.1, 0.15) is 5.84 Å². The highest BCUT2D eigenvalue weighted by molar-refractivity contribution is 5.96. The number of hydrogen-bond donors (Lipinski definition) is 1. The van der Waals surface area contributed by atoms with Gasteiger partial charge in [-0.3, -0.25) is 5.41 Å². The maximum Gasteiger partial charge on any atom is 0.194 e. The number of hydrogen-bond acceptors (Lipinski definition) is 1. The van der Waals surface area contributed by atoms with Gasteiger partial charge >= 0.3 is 0 Å². The first-order chi connectivity index (χ1) is 7.59. The van der Waals surface area contributed by atoms with Gasteiger partial charge in [0.05, 0.1) is 0 Å². The van der Waals surface area contributed by atoms with E-state index in [4.69, 9.17) is 5.41 Å². The number of likely N-dealkylation sites (tertiary alicyclic amines) is 1. The minimum atomic E-state index is -1.49. The Bertz CT molecular complexity index is 402. The van der Waals surface area contributed by atoms with E-state index in [0.717, 1.165) is 25.0 Å². The summed E-state index contributed by atoms with van der Waals surface area (Å²) >= 11 is 0. The molecule has 1 saturated heterocycles. The fraction of sp³-hybridized carbons (Fsp3) is 0.364. The highest BCUT2D eigenvalue weighted by Gasteiger charge is 2.19. The van der Waals surface area contributed by atoms with Crippen molar-refractivity contribution in [1.29, 1.82) is 5.41 Å². The Hall–Kier alpha value is -1.52. The topological polar surface area (TPSA) is 27.1 Å². The molecule has 1 heterocycles. The highest BCUT2D eigenvalue weighted by atomic mass is 19.2. The van der Waals surface area contributed by atoms with Crippen LogP contribution in [0.3, 0.4) is 0 Å². The van der Waals surface area contributed by atoms with Gasteiger partial charge in [0.25, 0.3) is 0 Å². The molecule has 1 N–H and O–H groups in total. The third-order valence-corrected chi connectivity index (χ3v) is 2.68. The Labute approximate surface area is 91.2 Å². The molecule has 0 saturated carbocycles. The third kappa shape index (κ3) is 1.89. The van der Waals surface area contributed by atoms with Crippen molar-refractivity contribution >= 4 is 5.84 Å². The van der Waals surface area contributed by atoms with Crippen molar-refractivity contribution in [2.75, 3.05) is 13.1 Å². The summed E-state index contributed by atoms with van der Waals surface area (Å²) in [5, 5.41) is 7.76. The quantitative estimate of drug-likeness (QED) is 0.446. The van der Waals surface area contributed by atoms with Crippen molar-refractivity contribution < 1.29 is 13.2 Å². The van der Waals surface area contributed by atoms with Crippen LogP contribution in [-0.4, -0.2) is 23.8 Å². The summed E-state index contributed by atoms with van der Waals surface area (Å²) in [7, 11) is 0. The maximum absolute atomic E-state index is 13.0. The first-order valence-corrected chi connectivity index (χ1v) is 5.08. The Morgan fingerprint density at radius 3 is 2.06 bits per heavy atom. The van der Waals surface area contributed by atoms with E-state index in [9.17, 15) is 13.2 Å². The second-order valence-corrected chi connectivity index (χ2v) is 3.80. The van der Waals surface area contributed by atoms with Crippen LogP contribution >= 0.6 is 0 Å². The maximum atomic E-state index is 13.0. The van der Waals surface area contributed by atoms with E-state index in [1.54, 1.807) is 4.90 Å². The van der Waals surface area contributed by atoms with Crippen LogP contribution in [0.25, 0.3) is 0 Å². The molecule has 0 spiro atoms. The van der Waals surface area contributed by atoms with Gasteiger partial charge in [0.15, 0.2) is 17.5 Å². The van der Waals surface area contributed by atoms with Crippen LogP contribution in [0.2, 0.25) is 0 Å². The highest BCUT2D eigenvalue weighted by Crippen LogP contribution is 2.17. The first kappa shape index (κ1) is 11.0. The Morgan fingerprint density at radius 2 is 1.56 bits per heavy atom. The van der Waals surface area contributed by atoms with Crippen molar-refractivity contribution in [2.24, 2.45) is 0 Å². The van der Waals surface area contributed by atoms with E-state index < -0.39 is 17.5 Å². The summed E-state index contributed by atoms with van der Waals surface area (Å²) < 4.78 is 38.6. The van der Waals surface area contributed by atoms with Gasteiger partial charge in [-0.15, -0.1) is 0 Å². The number of nitrogens with zero attached hydrogens (tertiary/aromatic N) is 1. The molecule has 0 unspecified atom stereocenters. The predicted octanol–water partition coefficient (Wildman–Crippen LogP) is 2.53. The van der Waals surface area contributed by atoms with Crippen molar-refractivity contribution in [3.8, 4) is 0 Å². The lowest BCUT2D eigenvalue weighted by Gasteiger charge is -2.18. The van der Waals surface area contributed by atoms with Gasteiger partial charge < -0.3 is 4.90 Å². The SMILES string of the molecule is N=C(c1cc(F)c(F)c(F)c1)N1CCCC1. The smallest absolute Gasteiger partial charge is 0.194 e. The van der Waals surface area contributed by atoms with Crippen LogP contribution in [0, 0.1) is 22.9 Å². The Balaban J connectivity index is 2.29. The van der Waals surface area contributed by atoms with Gasteiger partial charge in [-0.05, 0) is 25.0 Å². The van der Waals surface area contributed by atoms with Crippen LogP contribution in [0.15, 0.2) is 12.1 Å². The summed E-state index contributed by atoms with van der Waals surface area (Å²) in [6.07, 6.45) is 1.93. The van der Waals surface area contributed by atoms with Crippen molar-refractivity contribution in [3.05, 3.63) is 35.1 Å². The minimum absolute atomic E-state index is 0.0512. The third-order valence-electron chi connectivity index (χ3n) is 2.68. The van der Waals surface area contributed by atoms with Crippen LogP contribution in [0.5, 0.6) is 0 Å². The van der Waals surface area contributed by atoms with E-state index in [1.807, 2.05) is 0 Å². The summed E-state index contributed by atoms with van der Waals surface area (Å²) in [4.78, 5) is 1.73. The fourth-order valence-electron chi connectivity index (χ4n) is 1.82. The molecule has 0 bridgehead atoms. The van der Waals surface area contributed by atoms with Crippen molar-refractivity contribution in [3.63, 3.8) is 0 Å². The van der Waals surface area contributed by atoms with Crippen LogP contribution in [0.1, 0.15) is 18.4 Å². The molecule has 0 amide bonds. The van der Waals surface area contributed by atoms with E-state index in [0.29, 0.717) is 13.1 Å². The number of benzene rings is 1. The van der Waals surface area contributed by atoms with Crippen LogP contribution in [0.4, 0.5) is 13.2 Å². The lowest BCUT2D eigenvalue weighted by atomic mass is 10.1. The van der Waals surface area contributed by atoms with Gasteiger partial charge in [0, 0.05) is 18.7 Å². The average molecular weight is 228 g/mol. The number of amidine groups is 1. The molecule has 0 atom stereocenters. The monoisotopic (exact) mass is 228 g/mol. The zero-order valence-electron chi connectivity index (χ0n) is 8.56. The molecule has 0 aromatic heterocycles. The van der Waals surface area contributed by atoms with E-state index in [1.165, 1.54) is 0 Å². The summed E-state index contributed by atoms with van der Waals surface area (Å²) in [6, 6.07) is 1.72. The fourth-order valence-corrected chi connectivity index (χ4v) is 1.82. The Kier molecular flexibility index (Phi) is 2.85. The van der Waals surface area contributed by atoms with Gasteiger partial charge in [-0.1, -0.05) is 0 Å². The largest absolute Gasteiger partial charge is 0.357 e. The van der Waals surface area contributed by atoms with Crippen molar-refractivity contribution in [2.45, 2.75) is 12.8 Å². The molecule has 86 valence electrons. The molecule has 1 fully saturated rings. The van der Waals surface area contributed by atoms with Crippen LogP contribution < -0.4 is 0 Å². The molecule has 5 heteroatoms. The zero-order valence-corrected chi connectivity index (χ0v) is 8.56. The standard InChI is InChI=1S/C11H11F3N2/c12-8-5-7(6-9(13)10(8)14)11(15)16-3-1-2-4-16/h5-6,15H,1-4H2. The number of halogens is 3. The van der Waals surface area contributed by atoms with Crippen molar-refractivity contribution in [1.82, 2.24) is 4.90 Å². The molecule has 2 rings (SSSR count). The predicted molar refractivity (Wildman–Crippen MR) is 54.0 cm³/mol. The molecule has 2 nitrogen and oxygen atoms in total. The van der Waals surface area contributed by atoms with Gasteiger partial charge in [-0.25, -0.2) is 13.2 Å². The number of rotatable bonds is 1. The lowest BCUT2D eigenvalue weighted by Crippen LogP contribution is -2.27. The summed E-state index contributed by atoms with van der Waals surface area (Å²) in [5.41, 5.74) is 0.0818. The van der Waals surface area contributed by atoms with Gasteiger partial charge in [0.2, 0.25) is 0 Å². The lowest BCUT2D eigenvalue weighted by molar-refractivity contribution is 0.445. The zero-order chi connectivity index (χ0) is 11.7. The summed E-state index contributed by atoms with van der Waals surface area (Å²) in [6.45, 7) is 1.42. The molecule has 1 aromatic carbocycles. The molecule has 1 aliphatic heterocycles. The second kappa shape index (κ2) is 4.15. The van der Waals surface area contributed by atoms with E-state index in [-0.39, 0.29) is 11.4 Å². The van der Waals surface area contributed by atoms with Gasteiger partial charge in [-0.2, -0.15) is 0 Å². The molecular weight excluding hydrogens is 217 g/mol. The molecular formula is C11H11F3N2. The summed E-state index contributed by atoms with van der Waals surface area (Å²) in [5.74, 6) is -3.94. The van der Waals surface area contributed by atoms with E-state index in [2.05, 4.69) is 0 Å². The molecule has 1 aliphatic rings. The minimum Gasteiger partial charge on any atom is -0.357 e. The van der Waals surface area contributed by atoms with E-state index >= 15 is 0 Å². The number of nitrogens with one attached hydrogen (secondary N) is 1. The normalized spacial score (nSPS) is 15.6. The molecule has 0 aliphatic carbocycles. The molecule has 1 aromatic rings. The van der Waals surface area contributed by atoms with Crippen LogP contribution in [-0.2, 0) is 0 Å². The Morgan fingerprint density at radius 1 is 1.06 bits per heavy atom. The average Bonchev–Trinajstić information content (AvgIpc) is 2.77. The second-order valence-electron chi connectivity index (χ2n) is 3.80. The molecule has 0 radical (unpaired) electrons.